The third-order valence-electron chi connectivity index (χ3n) is 3.73. The maximum Gasteiger partial charge on any atom is 0.134 e. The minimum atomic E-state index is 0.689. The molecular weight excluding hydrogens is 278 g/mol. The first-order chi connectivity index (χ1) is 10.1. The summed E-state index contributed by atoms with van der Waals surface area (Å²) < 4.78 is 2.09. The van der Waals surface area contributed by atoms with Crippen molar-refractivity contribution in [3.8, 4) is 6.07 Å². The van der Waals surface area contributed by atoms with Gasteiger partial charge in [-0.1, -0.05) is 18.2 Å². The van der Waals surface area contributed by atoms with Gasteiger partial charge in [0.15, 0.2) is 0 Å². The van der Waals surface area contributed by atoms with Gasteiger partial charge < -0.3 is 4.57 Å². The summed E-state index contributed by atoms with van der Waals surface area (Å²) in [6.07, 6.45) is 3.92. The van der Waals surface area contributed by atoms with Gasteiger partial charge in [0, 0.05) is 40.8 Å². The van der Waals surface area contributed by atoms with Gasteiger partial charge in [-0.15, -0.1) is 11.3 Å². The molecule has 0 radical (unpaired) electrons. The molecule has 1 aromatic carbocycles. The number of rotatable bonds is 2. The summed E-state index contributed by atoms with van der Waals surface area (Å²) in [6, 6.07) is 10.5. The number of benzene rings is 1. The van der Waals surface area contributed by atoms with E-state index in [0.717, 1.165) is 21.0 Å². The number of aromatic nitrogens is 1. The van der Waals surface area contributed by atoms with Gasteiger partial charge in [0.2, 0.25) is 0 Å². The number of hydrogen-bond acceptors (Lipinski definition) is 3. The van der Waals surface area contributed by atoms with Gasteiger partial charge in [-0.25, -0.2) is 4.99 Å². The summed E-state index contributed by atoms with van der Waals surface area (Å²) >= 11 is 1.57. The summed E-state index contributed by atoms with van der Waals surface area (Å²) in [4.78, 5) is 5.70. The Morgan fingerprint density at radius 2 is 2.05 bits per heavy atom. The van der Waals surface area contributed by atoms with Crippen LogP contribution in [0.15, 0.2) is 35.5 Å². The van der Waals surface area contributed by atoms with Gasteiger partial charge in [0.05, 0.1) is 5.56 Å². The Morgan fingerprint density at radius 1 is 1.29 bits per heavy atom. The predicted octanol–water partition coefficient (Wildman–Crippen LogP) is 4.48. The second kappa shape index (κ2) is 5.19. The molecule has 0 N–H and O–H groups in total. The number of aliphatic imine (C=N–C) groups is 1. The van der Waals surface area contributed by atoms with Crippen molar-refractivity contribution in [3.05, 3.63) is 52.0 Å². The maximum absolute atomic E-state index is 9.26. The van der Waals surface area contributed by atoms with Crippen LogP contribution in [0, 0.1) is 25.2 Å². The lowest BCUT2D eigenvalue weighted by Gasteiger charge is -1.93. The van der Waals surface area contributed by atoms with Crippen LogP contribution in [0.5, 0.6) is 0 Å². The van der Waals surface area contributed by atoms with Crippen LogP contribution >= 0.6 is 11.3 Å². The van der Waals surface area contributed by atoms with E-state index in [1.807, 2.05) is 39.2 Å². The molecular formula is C17H15N3S. The monoisotopic (exact) mass is 293 g/mol. The summed E-state index contributed by atoms with van der Waals surface area (Å²) in [5, 5.41) is 11.2. The van der Waals surface area contributed by atoms with Crippen molar-refractivity contribution in [3.63, 3.8) is 0 Å². The van der Waals surface area contributed by atoms with E-state index in [1.54, 1.807) is 11.3 Å². The molecule has 3 rings (SSSR count). The molecule has 0 saturated heterocycles. The highest BCUT2D eigenvalue weighted by Gasteiger charge is 2.11. The minimum absolute atomic E-state index is 0.689. The van der Waals surface area contributed by atoms with Gasteiger partial charge in [0.1, 0.15) is 11.1 Å². The number of nitriles is 1. The zero-order chi connectivity index (χ0) is 15.0. The smallest absolute Gasteiger partial charge is 0.134 e. The van der Waals surface area contributed by atoms with Crippen molar-refractivity contribution in [2.45, 2.75) is 13.8 Å². The summed E-state index contributed by atoms with van der Waals surface area (Å²) in [5.74, 6) is 0. The summed E-state index contributed by atoms with van der Waals surface area (Å²) in [7, 11) is 2.03. The summed E-state index contributed by atoms with van der Waals surface area (Å²) in [6.45, 7) is 4.00. The SMILES string of the molecule is Cc1sc(N=Cc2cn(C)c3ccccc23)c(C#N)c1C. The van der Waals surface area contributed by atoms with Crippen molar-refractivity contribution in [1.82, 2.24) is 4.57 Å². The maximum atomic E-state index is 9.26. The molecule has 21 heavy (non-hydrogen) atoms. The van der Waals surface area contributed by atoms with Crippen molar-refractivity contribution < 1.29 is 0 Å². The molecule has 0 amide bonds. The molecule has 2 heterocycles. The van der Waals surface area contributed by atoms with Crippen molar-refractivity contribution in [1.29, 1.82) is 5.26 Å². The molecule has 0 spiro atoms. The second-order valence-corrected chi connectivity index (χ2v) is 6.25. The fraction of sp³-hybridized carbons (Fsp3) is 0.176. The number of aryl methyl sites for hydroxylation is 2. The zero-order valence-corrected chi connectivity index (χ0v) is 13.0. The lowest BCUT2D eigenvalue weighted by atomic mass is 10.2. The minimum Gasteiger partial charge on any atom is -0.350 e. The normalized spacial score (nSPS) is 11.3. The summed E-state index contributed by atoms with van der Waals surface area (Å²) in [5.41, 5.74) is 3.97. The third kappa shape index (κ3) is 2.26. The third-order valence-corrected chi connectivity index (χ3v) is 4.84. The van der Waals surface area contributed by atoms with Crippen molar-refractivity contribution in [2.24, 2.45) is 12.0 Å². The first-order valence-corrected chi connectivity index (χ1v) is 7.51. The number of hydrogen-bond donors (Lipinski definition) is 0. The van der Waals surface area contributed by atoms with Crippen LogP contribution in [0.1, 0.15) is 21.6 Å². The van der Waals surface area contributed by atoms with Gasteiger partial charge in [-0.05, 0) is 25.5 Å². The van der Waals surface area contributed by atoms with Crippen LogP contribution < -0.4 is 0 Å². The molecule has 3 aromatic rings. The average Bonchev–Trinajstić information content (AvgIpc) is 2.95. The van der Waals surface area contributed by atoms with E-state index in [-0.39, 0.29) is 0 Å². The fourth-order valence-electron chi connectivity index (χ4n) is 2.44. The zero-order valence-electron chi connectivity index (χ0n) is 12.2. The highest BCUT2D eigenvalue weighted by atomic mass is 32.1. The van der Waals surface area contributed by atoms with Gasteiger partial charge in [-0.2, -0.15) is 5.26 Å². The van der Waals surface area contributed by atoms with E-state index in [9.17, 15) is 5.26 Å². The Bertz CT molecular complexity index is 891. The molecule has 3 nitrogen and oxygen atoms in total. The van der Waals surface area contributed by atoms with E-state index in [1.165, 1.54) is 10.9 Å². The molecule has 0 unspecified atom stereocenters. The standard InChI is InChI=1S/C17H15N3S/c1-11-12(2)21-17(15(11)8-18)19-9-13-10-20(3)16-7-5-4-6-14(13)16/h4-7,9-10H,1-3H3. The Kier molecular flexibility index (Phi) is 3.36. The average molecular weight is 293 g/mol. The van der Waals surface area contributed by atoms with E-state index in [4.69, 9.17) is 0 Å². The highest BCUT2D eigenvalue weighted by molar-refractivity contribution is 7.16. The number of nitrogens with zero attached hydrogens (tertiary/aromatic N) is 3. The van der Waals surface area contributed by atoms with Crippen LogP contribution in [0.4, 0.5) is 5.00 Å². The molecule has 2 aromatic heterocycles. The fourth-order valence-corrected chi connectivity index (χ4v) is 3.39. The molecule has 0 aliphatic heterocycles. The van der Waals surface area contributed by atoms with E-state index in [0.29, 0.717) is 5.56 Å². The lowest BCUT2D eigenvalue weighted by Crippen LogP contribution is -1.82. The Hall–Kier alpha value is -2.38. The Balaban J connectivity index is 2.07. The second-order valence-electron chi connectivity index (χ2n) is 5.05. The quantitative estimate of drug-likeness (QED) is 0.642. The van der Waals surface area contributed by atoms with Crippen molar-refractivity contribution >= 4 is 33.5 Å². The number of thiophene rings is 1. The van der Waals surface area contributed by atoms with E-state index >= 15 is 0 Å². The number of para-hydroxylation sites is 1. The van der Waals surface area contributed by atoms with Crippen molar-refractivity contribution in [2.75, 3.05) is 0 Å². The lowest BCUT2D eigenvalue weighted by molar-refractivity contribution is 0.968. The molecule has 4 heteroatoms. The molecule has 104 valence electrons. The highest BCUT2D eigenvalue weighted by Crippen LogP contribution is 2.34. The van der Waals surface area contributed by atoms with E-state index in [2.05, 4.69) is 34.0 Å². The Labute approximate surface area is 127 Å². The van der Waals surface area contributed by atoms with Crippen LogP contribution in [-0.2, 0) is 7.05 Å². The van der Waals surface area contributed by atoms with Crippen LogP contribution in [0.25, 0.3) is 10.9 Å². The van der Waals surface area contributed by atoms with Gasteiger partial charge in [-0.3, -0.25) is 0 Å². The molecule has 0 saturated carbocycles. The largest absolute Gasteiger partial charge is 0.350 e. The molecule has 0 fully saturated rings. The van der Waals surface area contributed by atoms with Gasteiger partial charge in [0.25, 0.3) is 0 Å². The topological polar surface area (TPSA) is 41.1 Å². The molecule has 0 aliphatic rings. The molecule has 0 aliphatic carbocycles. The first-order valence-electron chi connectivity index (χ1n) is 6.70. The van der Waals surface area contributed by atoms with Crippen LogP contribution in [-0.4, -0.2) is 10.8 Å². The molecule has 0 atom stereocenters. The van der Waals surface area contributed by atoms with Gasteiger partial charge >= 0.3 is 0 Å². The van der Waals surface area contributed by atoms with E-state index < -0.39 is 0 Å². The molecule has 0 bridgehead atoms. The predicted molar refractivity (Wildman–Crippen MR) is 88.7 cm³/mol. The van der Waals surface area contributed by atoms with Crippen LogP contribution in [0.2, 0.25) is 0 Å². The first kappa shape index (κ1) is 13.6. The number of fused-ring (bicyclic) bond motifs is 1. The van der Waals surface area contributed by atoms with Crippen LogP contribution in [0.3, 0.4) is 0 Å². The Morgan fingerprint density at radius 3 is 2.81 bits per heavy atom.